The Labute approximate surface area is 121 Å². The van der Waals surface area contributed by atoms with Gasteiger partial charge in [-0.15, -0.1) is 0 Å². The van der Waals surface area contributed by atoms with Crippen molar-refractivity contribution in [1.29, 1.82) is 0 Å². The molecule has 2 amide bonds. The number of carbonyl (C=O) groups excluding carboxylic acids is 1. The monoisotopic (exact) mass is 284 g/mol. The molecule has 5 heteroatoms. The summed E-state index contributed by atoms with van der Waals surface area (Å²) in [6.45, 7) is 7.47. The lowest BCUT2D eigenvalue weighted by atomic mass is 9.84. The minimum Gasteiger partial charge on any atom is -0.480 e. The highest BCUT2D eigenvalue weighted by Crippen LogP contribution is 2.27. The van der Waals surface area contributed by atoms with Crippen LogP contribution in [-0.4, -0.2) is 40.1 Å². The van der Waals surface area contributed by atoms with E-state index >= 15 is 0 Å². The van der Waals surface area contributed by atoms with E-state index in [-0.39, 0.29) is 18.6 Å². The molecule has 0 saturated heterocycles. The van der Waals surface area contributed by atoms with Crippen LogP contribution >= 0.6 is 0 Å². The topological polar surface area (TPSA) is 69.6 Å². The first kappa shape index (κ1) is 16.8. The molecule has 5 nitrogen and oxygen atoms in total. The molecule has 1 saturated carbocycles. The van der Waals surface area contributed by atoms with Crippen molar-refractivity contribution in [2.75, 3.05) is 6.54 Å². The van der Waals surface area contributed by atoms with Crippen molar-refractivity contribution >= 4 is 12.0 Å². The van der Waals surface area contributed by atoms with Gasteiger partial charge in [-0.2, -0.15) is 0 Å². The molecule has 0 aliphatic heterocycles. The van der Waals surface area contributed by atoms with Crippen molar-refractivity contribution < 1.29 is 14.7 Å². The van der Waals surface area contributed by atoms with Crippen molar-refractivity contribution in [2.24, 2.45) is 5.92 Å². The molecule has 0 aromatic rings. The molecule has 0 radical (unpaired) electrons. The Morgan fingerprint density at radius 1 is 1.30 bits per heavy atom. The summed E-state index contributed by atoms with van der Waals surface area (Å²) in [5.41, 5.74) is -0.499. The predicted molar refractivity (Wildman–Crippen MR) is 78.7 cm³/mol. The van der Waals surface area contributed by atoms with Crippen LogP contribution in [0.1, 0.15) is 59.8 Å². The van der Waals surface area contributed by atoms with Crippen LogP contribution in [-0.2, 0) is 4.79 Å². The summed E-state index contributed by atoms with van der Waals surface area (Å²) < 4.78 is 0. The van der Waals surface area contributed by atoms with Gasteiger partial charge in [0.15, 0.2) is 0 Å². The van der Waals surface area contributed by atoms with Crippen LogP contribution in [0.2, 0.25) is 0 Å². The molecule has 0 aromatic heterocycles. The van der Waals surface area contributed by atoms with E-state index in [9.17, 15) is 9.59 Å². The van der Waals surface area contributed by atoms with E-state index in [1.54, 1.807) is 0 Å². The number of aliphatic carboxylic acids is 1. The summed E-state index contributed by atoms with van der Waals surface area (Å²) in [5, 5.41) is 12.0. The maximum atomic E-state index is 12.3. The van der Waals surface area contributed by atoms with Gasteiger partial charge in [0.2, 0.25) is 0 Å². The number of rotatable bonds is 4. The average Bonchev–Trinajstić information content (AvgIpc) is 2.34. The Bertz CT molecular complexity index is 350. The first-order valence-electron chi connectivity index (χ1n) is 7.54. The molecule has 2 N–H and O–H groups in total. The molecule has 0 aromatic carbocycles. The molecule has 0 heterocycles. The summed E-state index contributed by atoms with van der Waals surface area (Å²) in [7, 11) is 0. The van der Waals surface area contributed by atoms with Gasteiger partial charge in [-0.1, -0.05) is 26.2 Å². The van der Waals surface area contributed by atoms with Gasteiger partial charge in [0, 0.05) is 11.6 Å². The second-order valence-corrected chi connectivity index (χ2v) is 6.74. The maximum Gasteiger partial charge on any atom is 0.323 e. The van der Waals surface area contributed by atoms with E-state index in [0.29, 0.717) is 5.92 Å². The molecule has 1 aliphatic rings. The highest BCUT2D eigenvalue weighted by Gasteiger charge is 2.31. The van der Waals surface area contributed by atoms with Gasteiger partial charge in [-0.25, -0.2) is 4.79 Å². The van der Waals surface area contributed by atoms with Crippen LogP contribution in [0.25, 0.3) is 0 Å². The number of carboxylic acid groups (broad SMARTS) is 1. The smallest absolute Gasteiger partial charge is 0.323 e. The van der Waals surface area contributed by atoms with Gasteiger partial charge < -0.3 is 15.3 Å². The van der Waals surface area contributed by atoms with Crippen LogP contribution in [0, 0.1) is 5.92 Å². The van der Waals surface area contributed by atoms with Crippen LogP contribution in [0.5, 0.6) is 0 Å². The van der Waals surface area contributed by atoms with E-state index in [4.69, 9.17) is 5.11 Å². The van der Waals surface area contributed by atoms with Crippen LogP contribution in [0.15, 0.2) is 0 Å². The van der Waals surface area contributed by atoms with Crippen molar-refractivity contribution in [2.45, 2.75) is 71.4 Å². The first-order chi connectivity index (χ1) is 9.24. The van der Waals surface area contributed by atoms with Gasteiger partial charge in [-0.05, 0) is 39.5 Å². The van der Waals surface area contributed by atoms with E-state index in [2.05, 4.69) is 12.2 Å². The van der Waals surface area contributed by atoms with E-state index in [1.165, 1.54) is 11.3 Å². The molecule has 2 unspecified atom stereocenters. The molecule has 0 spiro atoms. The number of hydrogen-bond acceptors (Lipinski definition) is 2. The summed E-state index contributed by atoms with van der Waals surface area (Å²) >= 11 is 0. The Morgan fingerprint density at radius 2 is 1.95 bits per heavy atom. The van der Waals surface area contributed by atoms with Gasteiger partial charge >= 0.3 is 12.0 Å². The van der Waals surface area contributed by atoms with Crippen molar-refractivity contribution in [3.8, 4) is 0 Å². The third-order valence-electron chi connectivity index (χ3n) is 4.04. The lowest BCUT2D eigenvalue weighted by Gasteiger charge is -2.37. The van der Waals surface area contributed by atoms with Crippen LogP contribution in [0.4, 0.5) is 4.79 Å². The zero-order valence-electron chi connectivity index (χ0n) is 13.1. The highest BCUT2D eigenvalue weighted by atomic mass is 16.4. The summed E-state index contributed by atoms with van der Waals surface area (Å²) in [6.07, 6.45) is 5.52. The number of nitrogens with one attached hydrogen (secondary N) is 1. The minimum absolute atomic E-state index is 0.180. The number of urea groups is 1. The van der Waals surface area contributed by atoms with Gasteiger partial charge in [0.1, 0.15) is 6.54 Å². The Balaban J connectivity index is 2.63. The molecule has 1 rings (SSSR count). The molecule has 2 atom stereocenters. The first-order valence-corrected chi connectivity index (χ1v) is 7.54. The van der Waals surface area contributed by atoms with Crippen molar-refractivity contribution in [3.05, 3.63) is 0 Å². The average molecular weight is 284 g/mol. The van der Waals surface area contributed by atoms with Gasteiger partial charge in [0.25, 0.3) is 0 Å². The quantitative estimate of drug-likeness (QED) is 0.834. The third-order valence-corrected chi connectivity index (χ3v) is 4.04. The van der Waals surface area contributed by atoms with Gasteiger partial charge in [0.05, 0.1) is 0 Å². The predicted octanol–water partition coefficient (Wildman–Crippen LogP) is 2.85. The normalized spacial score (nSPS) is 23.2. The molecular weight excluding hydrogens is 256 g/mol. The number of amides is 2. The zero-order valence-corrected chi connectivity index (χ0v) is 13.1. The van der Waals surface area contributed by atoms with Crippen LogP contribution < -0.4 is 5.32 Å². The highest BCUT2D eigenvalue weighted by molar-refractivity contribution is 5.81. The molecule has 0 bridgehead atoms. The van der Waals surface area contributed by atoms with E-state index in [0.717, 1.165) is 25.7 Å². The van der Waals surface area contributed by atoms with E-state index < -0.39 is 11.5 Å². The fourth-order valence-corrected chi connectivity index (χ4v) is 2.79. The summed E-state index contributed by atoms with van der Waals surface area (Å²) in [5.74, 6) is -0.304. The standard InChI is InChI=1S/C15H28N2O3/c1-5-11-7-6-8-12(9-11)16-14(20)17(10-13(18)19)15(2,3)4/h11-12H,5-10H2,1-4H3,(H,16,20)(H,18,19). The zero-order chi connectivity index (χ0) is 15.3. The van der Waals surface area contributed by atoms with Crippen LogP contribution in [0.3, 0.4) is 0 Å². The lowest BCUT2D eigenvalue weighted by molar-refractivity contribution is -0.138. The Morgan fingerprint density at radius 3 is 2.45 bits per heavy atom. The fraction of sp³-hybridized carbons (Fsp3) is 0.867. The molecule has 1 fully saturated rings. The largest absolute Gasteiger partial charge is 0.480 e. The lowest BCUT2D eigenvalue weighted by Crippen LogP contribution is -2.54. The van der Waals surface area contributed by atoms with Gasteiger partial charge in [-0.3, -0.25) is 4.79 Å². The van der Waals surface area contributed by atoms with E-state index in [1.807, 2.05) is 20.8 Å². The third kappa shape index (κ3) is 5.02. The second kappa shape index (κ2) is 6.95. The number of carbonyl (C=O) groups is 2. The Hall–Kier alpha value is -1.26. The molecule has 20 heavy (non-hydrogen) atoms. The second-order valence-electron chi connectivity index (χ2n) is 6.74. The SMILES string of the molecule is CCC1CCCC(NC(=O)N(CC(=O)O)C(C)(C)C)C1. The molecule has 116 valence electrons. The fourth-order valence-electron chi connectivity index (χ4n) is 2.79. The molecule has 1 aliphatic carbocycles. The maximum absolute atomic E-state index is 12.3. The number of nitrogens with zero attached hydrogens (tertiary/aromatic N) is 1. The number of carboxylic acids is 1. The summed E-state index contributed by atoms with van der Waals surface area (Å²) in [6, 6.07) is -0.0819. The Kier molecular flexibility index (Phi) is 5.84. The summed E-state index contributed by atoms with van der Waals surface area (Å²) in [4.78, 5) is 24.7. The van der Waals surface area contributed by atoms with Crippen molar-refractivity contribution in [1.82, 2.24) is 10.2 Å². The molecular formula is C15H28N2O3. The number of hydrogen-bond donors (Lipinski definition) is 2. The van der Waals surface area contributed by atoms with Crippen molar-refractivity contribution in [3.63, 3.8) is 0 Å². The minimum atomic E-state index is -0.981.